The number of ketones is 1. The van der Waals surface area contributed by atoms with Gasteiger partial charge in [0.05, 0.1) is 16.5 Å². The average molecular weight is 375 g/mol. The Hall–Kier alpha value is -0.390. The standard InChI is InChI=1S/C13H13Br2NO2/c14-8-5-9-11(17)7-13(1-3-16-4-2-13)18-12(9)10(15)6-8/h5-6,16H,1-4,7H2. The van der Waals surface area contributed by atoms with Crippen molar-refractivity contribution in [2.75, 3.05) is 13.1 Å². The normalized spacial score (nSPS) is 21.6. The molecule has 0 saturated carbocycles. The summed E-state index contributed by atoms with van der Waals surface area (Å²) < 4.78 is 7.93. The van der Waals surface area contributed by atoms with Gasteiger partial charge in [-0.05, 0) is 41.2 Å². The summed E-state index contributed by atoms with van der Waals surface area (Å²) in [6, 6.07) is 3.77. The van der Waals surface area contributed by atoms with Crippen LogP contribution in [-0.2, 0) is 0 Å². The van der Waals surface area contributed by atoms with E-state index in [-0.39, 0.29) is 11.4 Å². The number of benzene rings is 1. The van der Waals surface area contributed by atoms with Crippen LogP contribution in [0.4, 0.5) is 0 Å². The van der Waals surface area contributed by atoms with Crippen molar-refractivity contribution in [2.45, 2.75) is 24.9 Å². The van der Waals surface area contributed by atoms with E-state index in [1.165, 1.54) is 0 Å². The third-order valence-corrected chi connectivity index (χ3v) is 4.67. The number of rotatable bonds is 0. The summed E-state index contributed by atoms with van der Waals surface area (Å²) in [5, 5.41) is 3.31. The second kappa shape index (κ2) is 4.62. The van der Waals surface area contributed by atoms with Gasteiger partial charge < -0.3 is 10.1 Å². The number of carbonyl (C=O) groups is 1. The smallest absolute Gasteiger partial charge is 0.170 e. The topological polar surface area (TPSA) is 38.3 Å². The molecule has 2 heterocycles. The van der Waals surface area contributed by atoms with Crippen LogP contribution in [0.25, 0.3) is 0 Å². The van der Waals surface area contributed by atoms with Crippen LogP contribution >= 0.6 is 31.9 Å². The van der Waals surface area contributed by atoms with Crippen molar-refractivity contribution in [3.63, 3.8) is 0 Å². The van der Waals surface area contributed by atoms with Crippen molar-refractivity contribution >= 4 is 37.6 Å². The lowest BCUT2D eigenvalue weighted by molar-refractivity contribution is 0.0181. The summed E-state index contributed by atoms with van der Waals surface area (Å²) in [5.41, 5.74) is 0.381. The molecule has 5 heteroatoms. The molecule has 18 heavy (non-hydrogen) atoms. The van der Waals surface area contributed by atoms with Crippen LogP contribution in [0.1, 0.15) is 29.6 Å². The van der Waals surface area contributed by atoms with Crippen molar-refractivity contribution in [3.05, 3.63) is 26.6 Å². The molecule has 0 amide bonds. The quantitative estimate of drug-likeness (QED) is 0.757. The molecule has 0 unspecified atom stereocenters. The summed E-state index contributed by atoms with van der Waals surface area (Å²) in [6.45, 7) is 1.83. The highest BCUT2D eigenvalue weighted by Crippen LogP contribution is 2.43. The van der Waals surface area contributed by atoms with Gasteiger partial charge >= 0.3 is 0 Å². The molecular weight excluding hydrogens is 362 g/mol. The van der Waals surface area contributed by atoms with E-state index in [9.17, 15) is 4.79 Å². The SMILES string of the molecule is O=C1CC2(CCNCC2)Oc2c(Br)cc(Br)cc21. The number of halogens is 2. The third-order valence-electron chi connectivity index (χ3n) is 3.62. The highest BCUT2D eigenvalue weighted by atomic mass is 79.9. The van der Waals surface area contributed by atoms with Crippen molar-refractivity contribution in [1.29, 1.82) is 0 Å². The van der Waals surface area contributed by atoms with Gasteiger partial charge in [0.15, 0.2) is 5.78 Å². The Balaban J connectivity index is 2.04. The van der Waals surface area contributed by atoms with E-state index in [1.54, 1.807) is 0 Å². The maximum Gasteiger partial charge on any atom is 0.170 e. The largest absolute Gasteiger partial charge is 0.485 e. The number of carbonyl (C=O) groups excluding carboxylic acids is 1. The Morgan fingerprint density at radius 3 is 2.67 bits per heavy atom. The maximum absolute atomic E-state index is 12.3. The van der Waals surface area contributed by atoms with Crippen LogP contribution in [0, 0.1) is 0 Å². The van der Waals surface area contributed by atoms with Crippen LogP contribution in [0.5, 0.6) is 5.75 Å². The van der Waals surface area contributed by atoms with Gasteiger partial charge in [-0.1, -0.05) is 15.9 Å². The number of ether oxygens (including phenoxy) is 1. The second-order valence-electron chi connectivity index (χ2n) is 4.90. The summed E-state index contributed by atoms with van der Waals surface area (Å²) in [7, 11) is 0. The fourth-order valence-corrected chi connectivity index (χ4v) is 3.98. The minimum Gasteiger partial charge on any atom is -0.485 e. The van der Waals surface area contributed by atoms with Gasteiger partial charge in [0, 0.05) is 17.3 Å². The minimum absolute atomic E-state index is 0.181. The molecule has 1 fully saturated rings. The number of hydrogen-bond donors (Lipinski definition) is 1. The van der Waals surface area contributed by atoms with Gasteiger partial charge in [0.1, 0.15) is 11.4 Å². The highest BCUT2D eigenvalue weighted by Gasteiger charge is 2.42. The minimum atomic E-state index is -0.300. The zero-order chi connectivity index (χ0) is 12.8. The Kier molecular flexibility index (Phi) is 3.24. The molecule has 0 atom stereocenters. The van der Waals surface area contributed by atoms with Crippen LogP contribution < -0.4 is 10.1 Å². The maximum atomic E-state index is 12.3. The number of fused-ring (bicyclic) bond motifs is 1. The van der Waals surface area contributed by atoms with Crippen LogP contribution in [0.3, 0.4) is 0 Å². The summed E-state index contributed by atoms with van der Waals surface area (Å²) in [4.78, 5) is 12.3. The first-order valence-electron chi connectivity index (χ1n) is 6.02. The Bertz CT molecular complexity index is 510. The fourth-order valence-electron chi connectivity index (χ4n) is 2.67. The number of piperidine rings is 1. The van der Waals surface area contributed by atoms with Crippen molar-refractivity contribution < 1.29 is 9.53 Å². The molecule has 96 valence electrons. The van der Waals surface area contributed by atoms with Gasteiger partial charge in [0.2, 0.25) is 0 Å². The molecule has 3 rings (SSSR count). The molecule has 1 N–H and O–H groups in total. The van der Waals surface area contributed by atoms with E-state index in [0.29, 0.717) is 17.7 Å². The molecule has 2 aliphatic rings. The van der Waals surface area contributed by atoms with E-state index in [0.717, 1.165) is 34.9 Å². The van der Waals surface area contributed by atoms with Crippen LogP contribution in [0.2, 0.25) is 0 Å². The van der Waals surface area contributed by atoms with Gasteiger partial charge in [-0.3, -0.25) is 4.79 Å². The average Bonchev–Trinajstić information content (AvgIpc) is 2.32. The van der Waals surface area contributed by atoms with Gasteiger partial charge in [-0.15, -0.1) is 0 Å². The van der Waals surface area contributed by atoms with Crippen molar-refractivity contribution in [2.24, 2.45) is 0 Å². The van der Waals surface area contributed by atoms with E-state index < -0.39 is 0 Å². The summed E-state index contributed by atoms with van der Waals surface area (Å²) in [5.74, 6) is 0.886. The Morgan fingerprint density at radius 2 is 1.94 bits per heavy atom. The zero-order valence-electron chi connectivity index (χ0n) is 9.76. The first-order valence-corrected chi connectivity index (χ1v) is 7.60. The zero-order valence-corrected chi connectivity index (χ0v) is 12.9. The van der Waals surface area contributed by atoms with Gasteiger partial charge in [0.25, 0.3) is 0 Å². The highest BCUT2D eigenvalue weighted by molar-refractivity contribution is 9.11. The van der Waals surface area contributed by atoms with E-state index in [1.807, 2.05) is 12.1 Å². The van der Waals surface area contributed by atoms with Crippen LogP contribution in [0.15, 0.2) is 21.1 Å². The lowest BCUT2D eigenvalue weighted by Crippen LogP contribution is -2.49. The fraction of sp³-hybridized carbons (Fsp3) is 0.462. The number of hydrogen-bond acceptors (Lipinski definition) is 3. The molecule has 0 radical (unpaired) electrons. The van der Waals surface area contributed by atoms with E-state index in [2.05, 4.69) is 37.2 Å². The lowest BCUT2D eigenvalue weighted by Gasteiger charge is -2.41. The van der Waals surface area contributed by atoms with Crippen molar-refractivity contribution in [3.8, 4) is 5.75 Å². The van der Waals surface area contributed by atoms with Gasteiger partial charge in [-0.2, -0.15) is 0 Å². The molecule has 3 nitrogen and oxygen atoms in total. The molecule has 0 bridgehead atoms. The van der Waals surface area contributed by atoms with Gasteiger partial charge in [-0.25, -0.2) is 0 Å². The van der Waals surface area contributed by atoms with Crippen molar-refractivity contribution in [1.82, 2.24) is 5.32 Å². The predicted molar refractivity (Wildman–Crippen MR) is 76.3 cm³/mol. The molecule has 0 aromatic heterocycles. The monoisotopic (exact) mass is 373 g/mol. The molecular formula is C13H13Br2NO2. The molecule has 1 aromatic rings. The molecule has 1 spiro atoms. The second-order valence-corrected chi connectivity index (χ2v) is 6.67. The molecule has 2 aliphatic heterocycles. The lowest BCUT2D eigenvalue weighted by atomic mass is 9.83. The first-order chi connectivity index (χ1) is 8.60. The summed E-state index contributed by atoms with van der Waals surface area (Å²) >= 11 is 6.90. The Labute approximate surface area is 123 Å². The van der Waals surface area contributed by atoms with E-state index >= 15 is 0 Å². The molecule has 0 aliphatic carbocycles. The molecule has 1 saturated heterocycles. The predicted octanol–water partition coefficient (Wildman–Crippen LogP) is 3.30. The van der Waals surface area contributed by atoms with Crippen LogP contribution in [-0.4, -0.2) is 24.5 Å². The third kappa shape index (κ3) is 2.12. The Morgan fingerprint density at radius 1 is 1.22 bits per heavy atom. The first kappa shape index (κ1) is 12.6. The van der Waals surface area contributed by atoms with E-state index in [4.69, 9.17) is 4.74 Å². The number of nitrogens with one attached hydrogen (secondary N) is 1. The summed E-state index contributed by atoms with van der Waals surface area (Å²) in [6.07, 6.45) is 2.27. The molecule has 1 aromatic carbocycles. The number of Topliss-reactive ketones (excluding diaryl/α,β-unsaturated/α-hetero) is 1.